The van der Waals surface area contributed by atoms with E-state index in [9.17, 15) is 0 Å². The molecular formula is C10H11N7. The van der Waals surface area contributed by atoms with Crippen LogP contribution < -0.4 is 11.1 Å². The maximum absolute atomic E-state index is 8.94. The molecule has 7 nitrogen and oxygen atoms in total. The SMILES string of the molecule is Cn1cnnc1CNc1ncc(N)cc1C#N. The molecule has 0 saturated heterocycles. The van der Waals surface area contributed by atoms with Gasteiger partial charge in [-0.25, -0.2) is 4.98 Å². The van der Waals surface area contributed by atoms with E-state index >= 15 is 0 Å². The molecule has 0 fully saturated rings. The van der Waals surface area contributed by atoms with Gasteiger partial charge in [0, 0.05) is 7.05 Å². The van der Waals surface area contributed by atoms with Crippen molar-refractivity contribution in [2.24, 2.45) is 7.05 Å². The number of anilines is 2. The molecule has 0 amide bonds. The summed E-state index contributed by atoms with van der Waals surface area (Å²) in [5.74, 6) is 1.25. The lowest BCUT2D eigenvalue weighted by Crippen LogP contribution is -2.08. The average Bonchev–Trinajstić information content (AvgIpc) is 2.73. The van der Waals surface area contributed by atoms with Crippen molar-refractivity contribution in [1.82, 2.24) is 19.7 Å². The highest BCUT2D eigenvalue weighted by molar-refractivity contribution is 5.57. The van der Waals surface area contributed by atoms with Crippen LogP contribution in [-0.2, 0) is 13.6 Å². The Kier molecular flexibility index (Phi) is 2.87. The Labute approximate surface area is 97.9 Å². The number of nitrogen functional groups attached to an aromatic ring is 1. The minimum absolute atomic E-state index is 0.409. The molecule has 0 saturated carbocycles. The highest BCUT2D eigenvalue weighted by Gasteiger charge is 2.06. The molecule has 0 aliphatic heterocycles. The fraction of sp³-hybridized carbons (Fsp3) is 0.200. The number of nitrogens with one attached hydrogen (secondary N) is 1. The summed E-state index contributed by atoms with van der Waals surface area (Å²) in [5, 5.41) is 19.6. The standard InChI is InChI=1S/C10H11N7/c1-17-6-15-16-9(17)5-14-10-7(3-11)2-8(12)4-13-10/h2,4,6H,5,12H2,1H3,(H,13,14). The van der Waals surface area contributed by atoms with Crippen LogP contribution in [0.3, 0.4) is 0 Å². The van der Waals surface area contributed by atoms with Crippen LogP contribution in [0.1, 0.15) is 11.4 Å². The molecule has 3 N–H and O–H groups in total. The van der Waals surface area contributed by atoms with Crippen molar-refractivity contribution in [3.63, 3.8) is 0 Å². The zero-order valence-corrected chi connectivity index (χ0v) is 9.25. The largest absolute Gasteiger partial charge is 0.397 e. The van der Waals surface area contributed by atoms with Crippen LogP contribution in [0.2, 0.25) is 0 Å². The first-order valence-corrected chi connectivity index (χ1v) is 4.93. The second-order valence-electron chi connectivity index (χ2n) is 3.49. The molecule has 0 radical (unpaired) electrons. The first-order chi connectivity index (χ1) is 8.20. The summed E-state index contributed by atoms with van der Waals surface area (Å²) >= 11 is 0. The second-order valence-corrected chi connectivity index (χ2v) is 3.49. The summed E-state index contributed by atoms with van der Waals surface area (Å²) in [6.07, 6.45) is 3.11. The number of nitriles is 1. The fourth-order valence-electron chi connectivity index (χ4n) is 1.34. The van der Waals surface area contributed by atoms with Gasteiger partial charge in [0.1, 0.15) is 18.2 Å². The summed E-state index contributed by atoms with van der Waals surface area (Å²) in [4.78, 5) is 4.06. The zero-order valence-electron chi connectivity index (χ0n) is 9.25. The first-order valence-electron chi connectivity index (χ1n) is 4.93. The number of aromatic nitrogens is 4. The minimum Gasteiger partial charge on any atom is -0.397 e. The number of aryl methyl sites for hydroxylation is 1. The zero-order chi connectivity index (χ0) is 12.3. The van der Waals surface area contributed by atoms with Crippen molar-refractivity contribution < 1.29 is 0 Å². The van der Waals surface area contributed by atoms with Crippen molar-refractivity contribution in [3.05, 3.63) is 30.0 Å². The topological polar surface area (TPSA) is 105 Å². The third kappa shape index (κ3) is 2.31. The summed E-state index contributed by atoms with van der Waals surface area (Å²) in [6.45, 7) is 0.447. The minimum atomic E-state index is 0.409. The molecule has 86 valence electrons. The van der Waals surface area contributed by atoms with E-state index in [1.54, 1.807) is 17.0 Å². The number of nitrogens with zero attached hydrogens (tertiary/aromatic N) is 5. The van der Waals surface area contributed by atoms with Crippen LogP contribution >= 0.6 is 0 Å². The Morgan fingerprint density at radius 3 is 3.06 bits per heavy atom. The van der Waals surface area contributed by atoms with E-state index in [1.165, 1.54) is 6.20 Å². The number of nitrogens with two attached hydrogens (primary N) is 1. The Balaban J connectivity index is 2.15. The molecule has 2 aromatic heterocycles. The summed E-state index contributed by atoms with van der Waals surface area (Å²) in [5.41, 5.74) is 6.42. The van der Waals surface area contributed by atoms with Gasteiger partial charge in [0.15, 0.2) is 5.82 Å². The summed E-state index contributed by atoms with van der Waals surface area (Å²) in [6, 6.07) is 3.61. The van der Waals surface area contributed by atoms with Gasteiger partial charge in [0.25, 0.3) is 0 Å². The lowest BCUT2D eigenvalue weighted by molar-refractivity contribution is 0.810. The average molecular weight is 229 g/mol. The van der Waals surface area contributed by atoms with Crippen LogP contribution in [0.4, 0.5) is 11.5 Å². The highest BCUT2D eigenvalue weighted by atomic mass is 15.3. The van der Waals surface area contributed by atoms with Gasteiger partial charge in [-0.3, -0.25) is 0 Å². The molecule has 0 bridgehead atoms. The molecule has 2 aromatic rings. The van der Waals surface area contributed by atoms with Gasteiger partial charge in [-0.15, -0.1) is 10.2 Å². The maximum Gasteiger partial charge on any atom is 0.151 e. The van der Waals surface area contributed by atoms with E-state index in [-0.39, 0.29) is 0 Å². The number of hydrogen-bond donors (Lipinski definition) is 2. The first kappa shape index (κ1) is 10.9. The molecule has 17 heavy (non-hydrogen) atoms. The van der Waals surface area contributed by atoms with Crippen LogP contribution in [-0.4, -0.2) is 19.7 Å². The quantitative estimate of drug-likeness (QED) is 0.782. The molecular weight excluding hydrogens is 218 g/mol. The van der Waals surface area contributed by atoms with Crippen molar-refractivity contribution in [3.8, 4) is 6.07 Å². The van der Waals surface area contributed by atoms with Crippen LogP contribution in [0.15, 0.2) is 18.6 Å². The van der Waals surface area contributed by atoms with E-state index in [4.69, 9.17) is 11.0 Å². The molecule has 2 rings (SSSR count). The predicted molar refractivity (Wildman–Crippen MR) is 61.7 cm³/mol. The van der Waals surface area contributed by atoms with Gasteiger partial charge < -0.3 is 15.6 Å². The second kappa shape index (κ2) is 4.49. The molecule has 2 heterocycles. The number of pyridine rings is 1. The van der Waals surface area contributed by atoms with E-state index in [0.717, 1.165) is 5.82 Å². The molecule has 0 spiro atoms. The fourth-order valence-corrected chi connectivity index (χ4v) is 1.34. The number of rotatable bonds is 3. The Morgan fingerprint density at radius 2 is 2.41 bits per heavy atom. The smallest absolute Gasteiger partial charge is 0.151 e. The van der Waals surface area contributed by atoms with E-state index in [1.807, 2.05) is 13.1 Å². The molecule has 0 atom stereocenters. The summed E-state index contributed by atoms with van der Waals surface area (Å²) in [7, 11) is 1.85. The Morgan fingerprint density at radius 1 is 1.59 bits per heavy atom. The lowest BCUT2D eigenvalue weighted by Gasteiger charge is -2.06. The van der Waals surface area contributed by atoms with E-state index < -0.39 is 0 Å². The van der Waals surface area contributed by atoms with E-state index in [2.05, 4.69) is 20.5 Å². The molecule has 0 aliphatic carbocycles. The third-order valence-electron chi connectivity index (χ3n) is 2.25. The molecule has 0 unspecified atom stereocenters. The normalized spacial score (nSPS) is 9.88. The van der Waals surface area contributed by atoms with Crippen molar-refractivity contribution in [1.29, 1.82) is 5.26 Å². The molecule has 7 heteroatoms. The Bertz CT molecular complexity index is 566. The molecule has 0 aliphatic rings. The Hall–Kier alpha value is -2.62. The summed E-state index contributed by atoms with van der Waals surface area (Å²) < 4.78 is 1.79. The maximum atomic E-state index is 8.94. The van der Waals surface area contributed by atoms with Crippen LogP contribution in [0.25, 0.3) is 0 Å². The third-order valence-corrected chi connectivity index (χ3v) is 2.25. The number of hydrogen-bond acceptors (Lipinski definition) is 6. The predicted octanol–water partition coefficient (Wildman–Crippen LogP) is 0.276. The van der Waals surface area contributed by atoms with Gasteiger partial charge in [0.05, 0.1) is 24.0 Å². The van der Waals surface area contributed by atoms with Crippen molar-refractivity contribution in [2.75, 3.05) is 11.1 Å². The van der Waals surface area contributed by atoms with Crippen LogP contribution in [0.5, 0.6) is 0 Å². The van der Waals surface area contributed by atoms with Gasteiger partial charge >= 0.3 is 0 Å². The molecule has 0 aromatic carbocycles. The van der Waals surface area contributed by atoms with Gasteiger partial charge in [0.2, 0.25) is 0 Å². The van der Waals surface area contributed by atoms with Crippen LogP contribution in [0, 0.1) is 11.3 Å². The van der Waals surface area contributed by atoms with Gasteiger partial charge in [-0.05, 0) is 6.07 Å². The van der Waals surface area contributed by atoms with Gasteiger partial charge in [-0.2, -0.15) is 5.26 Å². The highest BCUT2D eigenvalue weighted by Crippen LogP contribution is 2.14. The van der Waals surface area contributed by atoms with Crippen molar-refractivity contribution >= 4 is 11.5 Å². The van der Waals surface area contributed by atoms with Crippen molar-refractivity contribution in [2.45, 2.75) is 6.54 Å². The van der Waals surface area contributed by atoms with Gasteiger partial charge in [-0.1, -0.05) is 0 Å². The van der Waals surface area contributed by atoms with E-state index in [0.29, 0.717) is 23.6 Å². The lowest BCUT2D eigenvalue weighted by atomic mass is 10.2. The monoisotopic (exact) mass is 229 g/mol.